The molecule has 1 fully saturated rings. The lowest BCUT2D eigenvalue weighted by Crippen LogP contribution is -2.25. The van der Waals surface area contributed by atoms with Crippen molar-refractivity contribution in [3.05, 3.63) is 11.1 Å². The Labute approximate surface area is 105 Å². The molecule has 1 aliphatic heterocycles. The molecule has 0 spiro atoms. The van der Waals surface area contributed by atoms with E-state index in [1.165, 1.54) is 5.38 Å². The van der Waals surface area contributed by atoms with E-state index in [1.54, 1.807) is 0 Å². The van der Waals surface area contributed by atoms with E-state index in [4.69, 9.17) is 15.7 Å². The molecular formula is C9H10N4O4S. The molecule has 8 nitrogen and oxygen atoms in total. The molecule has 1 saturated heterocycles. The van der Waals surface area contributed by atoms with Crippen LogP contribution in [0.25, 0.3) is 0 Å². The van der Waals surface area contributed by atoms with Crippen molar-refractivity contribution in [2.45, 2.75) is 12.5 Å². The van der Waals surface area contributed by atoms with Gasteiger partial charge in [-0.2, -0.15) is 0 Å². The largest absolute Gasteiger partial charge is 0.476 e. The van der Waals surface area contributed by atoms with E-state index in [9.17, 15) is 9.59 Å². The second-order valence-corrected chi connectivity index (χ2v) is 4.38. The molecule has 0 bridgehead atoms. The number of nitrogen functional groups attached to an aromatic ring is 1. The number of nitrogens with zero attached hydrogens (tertiary/aromatic N) is 2. The van der Waals surface area contributed by atoms with Crippen LogP contribution >= 0.6 is 11.3 Å². The second kappa shape index (κ2) is 5.00. The van der Waals surface area contributed by atoms with Crippen molar-refractivity contribution in [3.8, 4) is 0 Å². The Kier molecular flexibility index (Phi) is 3.42. The number of nitrogens with two attached hydrogens (primary N) is 1. The average Bonchev–Trinajstić information content (AvgIpc) is 2.89. The Hall–Kier alpha value is -2.16. The second-order valence-electron chi connectivity index (χ2n) is 3.49. The predicted octanol–water partition coefficient (Wildman–Crippen LogP) is -0.581. The lowest BCUT2D eigenvalue weighted by atomic mass is 10.3. The van der Waals surface area contributed by atoms with Gasteiger partial charge in [-0.1, -0.05) is 5.16 Å². The molecule has 0 aliphatic carbocycles. The summed E-state index contributed by atoms with van der Waals surface area (Å²) in [5.74, 6) is -1.60. The standard InChI is InChI=1S/C9H10N4O4S/c10-9-12-4(3-18-9)6(8(15)16)13-17-5-1-2-11-7(5)14/h3,5H,1-2H2,(H2,10,12)(H,11,14)(H,15,16)/b13-6+/t5-/m0/s1. The first-order chi connectivity index (χ1) is 8.58. The number of anilines is 1. The van der Waals surface area contributed by atoms with Crippen LogP contribution < -0.4 is 11.1 Å². The maximum absolute atomic E-state index is 11.2. The fourth-order valence-electron chi connectivity index (χ4n) is 1.38. The molecule has 0 saturated carbocycles. The Morgan fingerprint density at radius 2 is 2.50 bits per heavy atom. The number of aliphatic carboxylic acids is 1. The molecule has 1 aromatic rings. The highest BCUT2D eigenvalue weighted by Crippen LogP contribution is 2.13. The third-order valence-electron chi connectivity index (χ3n) is 2.24. The van der Waals surface area contributed by atoms with Crippen LogP contribution in [-0.4, -0.2) is 40.3 Å². The minimum absolute atomic E-state index is 0.114. The Morgan fingerprint density at radius 1 is 1.72 bits per heavy atom. The summed E-state index contributed by atoms with van der Waals surface area (Å²) in [5.41, 5.74) is 5.15. The molecule has 9 heteroatoms. The zero-order valence-electron chi connectivity index (χ0n) is 9.12. The molecule has 0 radical (unpaired) electrons. The number of thiazole rings is 1. The van der Waals surface area contributed by atoms with Crippen LogP contribution in [0, 0.1) is 0 Å². The topological polar surface area (TPSA) is 127 Å². The summed E-state index contributed by atoms with van der Waals surface area (Å²) in [6.07, 6.45) is -0.302. The highest BCUT2D eigenvalue weighted by atomic mass is 32.1. The fourth-order valence-corrected chi connectivity index (χ4v) is 1.93. The summed E-state index contributed by atoms with van der Waals surface area (Å²) in [6, 6.07) is 0. The summed E-state index contributed by atoms with van der Waals surface area (Å²) in [4.78, 5) is 30.9. The fraction of sp³-hybridized carbons (Fsp3) is 0.333. The van der Waals surface area contributed by atoms with Crippen LogP contribution in [0.2, 0.25) is 0 Å². The number of hydrogen-bond acceptors (Lipinski definition) is 7. The van der Waals surface area contributed by atoms with Crippen molar-refractivity contribution in [3.63, 3.8) is 0 Å². The molecule has 1 amide bonds. The van der Waals surface area contributed by atoms with Crippen LogP contribution in [0.5, 0.6) is 0 Å². The van der Waals surface area contributed by atoms with E-state index < -0.39 is 12.1 Å². The summed E-state index contributed by atoms with van der Waals surface area (Å²) in [7, 11) is 0. The molecule has 1 aromatic heterocycles. The highest BCUT2D eigenvalue weighted by molar-refractivity contribution is 7.13. The van der Waals surface area contributed by atoms with Gasteiger partial charge in [-0.05, 0) is 0 Å². The molecule has 2 heterocycles. The zero-order chi connectivity index (χ0) is 13.1. The third kappa shape index (κ3) is 2.56. The zero-order valence-corrected chi connectivity index (χ0v) is 9.94. The molecule has 96 valence electrons. The third-order valence-corrected chi connectivity index (χ3v) is 2.91. The first-order valence-corrected chi connectivity index (χ1v) is 5.92. The van der Waals surface area contributed by atoms with Crippen LogP contribution in [0.15, 0.2) is 10.5 Å². The predicted molar refractivity (Wildman–Crippen MR) is 63.2 cm³/mol. The normalized spacial score (nSPS) is 19.7. The molecule has 4 N–H and O–H groups in total. The Morgan fingerprint density at radius 3 is 3.00 bits per heavy atom. The van der Waals surface area contributed by atoms with Crippen LogP contribution in [-0.2, 0) is 14.4 Å². The van der Waals surface area contributed by atoms with Crippen molar-refractivity contribution >= 4 is 34.1 Å². The van der Waals surface area contributed by atoms with Crippen LogP contribution in [0.4, 0.5) is 5.13 Å². The quantitative estimate of drug-likeness (QED) is 0.496. The van der Waals surface area contributed by atoms with Gasteiger partial charge in [-0.3, -0.25) is 4.79 Å². The lowest BCUT2D eigenvalue weighted by molar-refractivity contribution is -0.131. The first kappa shape index (κ1) is 12.3. The van der Waals surface area contributed by atoms with Crippen molar-refractivity contribution in [1.29, 1.82) is 0 Å². The van der Waals surface area contributed by atoms with Gasteiger partial charge in [-0.25, -0.2) is 9.78 Å². The highest BCUT2D eigenvalue weighted by Gasteiger charge is 2.27. The minimum atomic E-state index is -1.29. The minimum Gasteiger partial charge on any atom is -0.476 e. The number of rotatable bonds is 4. The van der Waals surface area contributed by atoms with E-state index in [2.05, 4.69) is 15.5 Å². The Bertz CT molecular complexity index is 512. The van der Waals surface area contributed by atoms with Gasteiger partial charge in [0.1, 0.15) is 5.69 Å². The molecule has 1 aliphatic rings. The number of nitrogens with one attached hydrogen (secondary N) is 1. The maximum Gasteiger partial charge on any atom is 0.360 e. The summed E-state index contributed by atoms with van der Waals surface area (Å²) in [5, 5.41) is 16.7. The van der Waals surface area contributed by atoms with E-state index in [0.717, 1.165) is 11.3 Å². The van der Waals surface area contributed by atoms with E-state index in [0.29, 0.717) is 13.0 Å². The van der Waals surface area contributed by atoms with Gasteiger partial charge in [0.2, 0.25) is 11.8 Å². The van der Waals surface area contributed by atoms with Gasteiger partial charge in [0.25, 0.3) is 5.91 Å². The van der Waals surface area contributed by atoms with Gasteiger partial charge >= 0.3 is 5.97 Å². The Balaban J connectivity index is 2.15. The van der Waals surface area contributed by atoms with Crippen LogP contribution in [0.3, 0.4) is 0 Å². The average molecular weight is 270 g/mol. The van der Waals surface area contributed by atoms with Gasteiger partial charge in [0.15, 0.2) is 5.13 Å². The van der Waals surface area contributed by atoms with Gasteiger partial charge in [0, 0.05) is 18.3 Å². The molecular weight excluding hydrogens is 260 g/mol. The van der Waals surface area contributed by atoms with Crippen molar-refractivity contribution in [2.24, 2.45) is 5.16 Å². The lowest BCUT2D eigenvalue weighted by Gasteiger charge is -2.04. The summed E-state index contributed by atoms with van der Waals surface area (Å²) < 4.78 is 0. The molecule has 18 heavy (non-hydrogen) atoms. The number of carbonyl (C=O) groups excluding carboxylic acids is 1. The van der Waals surface area contributed by atoms with Crippen LogP contribution in [0.1, 0.15) is 12.1 Å². The monoisotopic (exact) mass is 270 g/mol. The SMILES string of the molecule is Nc1nc(/C(=N\O[C@H]2CCNC2=O)C(=O)O)cs1. The number of amides is 1. The first-order valence-electron chi connectivity index (χ1n) is 5.04. The number of carbonyl (C=O) groups is 2. The van der Waals surface area contributed by atoms with E-state index >= 15 is 0 Å². The maximum atomic E-state index is 11.2. The molecule has 2 rings (SSSR count). The molecule has 0 aromatic carbocycles. The van der Waals surface area contributed by atoms with Crippen molar-refractivity contribution in [1.82, 2.24) is 10.3 Å². The van der Waals surface area contributed by atoms with Gasteiger partial charge in [-0.15, -0.1) is 11.3 Å². The smallest absolute Gasteiger partial charge is 0.360 e. The summed E-state index contributed by atoms with van der Waals surface area (Å²) in [6.45, 7) is 0.491. The summed E-state index contributed by atoms with van der Waals surface area (Å²) >= 11 is 1.10. The van der Waals surface area contributed by atoms with Gasteiger partial charge < -0.3 is 21.0 Å². The van der Waals surface area contributed by atoms with E-state index in [1.807, 2.05) is 0 Å². The van der Waals surface area contributed by atoms with E-state index in [-0.39, 0.29) is 22.4 Å². The van der Waals surface area contributed by atoms with Crippen molar-refractivity contribution in [2.75, 3.05) is 12.3 Å². The number of carboxylic acid groups (broad SMARTS) is 1. The molecule has 1 atom stereocenters. The number of carboxylic acids is 1. The molecule has 0 unspecified atom stereocenters. The number of aromatic nitrogens is 1. The van der Waals surface area contributed by atoms with Crippen molar-refractivity contribution < 1.29 is 19.5 Å². The van der Waals surface area contributed by atoms with Gasteiger partial charge in [0.05, 0.1) is 0 Å². The number of oxime groups is 1. The number of hydrogen-bond donors (Lipinski definition) is 3.